The molecule has 4 N–H and O–H groups in total. The number of hydrogen-bond donors (Lipinski definition) is 3. The fraction of sp³-hybridized carbons (Fsp3) is 0.214. The van der Waals surface area contributed by atoms with E-state index in [1.807, 2.05) is 33.8 Å². The van der Waals surface area contributed by atoms with Crippen molar-refractivity contribution in [2.45, 2.75) is 67.2 Å². The number of allylic oxidation sites excluding steroid dienone is 6. The average Bonchev–Trinajstić information content (AvgIpc) is 3.85. The third-order valence-electron chi connectivity index (χ3n) is 11.6. The molecule has 2 aromatic heterocycles. The first-order chi connectivity index (χ1) is 30.0. The number of nitrogen functional groups attached to an aromatic ring is 1. The van der Waals surface area contributed by atoms with Gasteiger partial charge in [0.2, 0.25) is 0 Å². The fourth-order valence-corrected chi connectivity index (χ4v) is 9.00. The normalized spacial score (nSPS) is 13.5. The molecule has 0 amide bonds. The molecule has 6 aromatic carbocycles. The van der Waals surface area contributed by atoms with Crippen molar-refractivity contribution in [1.82, 2.24) is 14.5 Å². The van der Waals surface area contributed by atoms with Crippen molar-refractivity contribution in [3.63, 3.8) is 0 Å². The van der Waals surface area contributed by atoms with Crippen LogP contribution in [0.15, 0.2) is 169 Å². The molecule has 61 heavy (non-hydrogen) atoms. The standard InChI is InChI=1S/C42H37N3.C10H12N2.2C2H6/c1-28(2)41(29-20-24-31(25-21-29)44-37-16-8-4-12-33(37)34-13-5-9-17-38(34)44)42(43-3)30-22-26-32(27-23-30)45-39-18-10-6-14-35(39)36-15-7-11-19-40(36)45;11-12-10-6-5-8-3-1-2-4-9(8)7-10;2*1-2/h4-22,24-26,28,43H,23,27H2,1-3H3;1,3,5-7,12H,2,4,11H2;2*1-2H3/b42-41+;;;. The summed E-state index contributed by atoms with van der Waals surface area (Å²) in [5.74, 6) is 5.67. The van der Waals surface area contributed by atoms with Crippen LogP contribution in [0.1, 0.15) is 77.5 Å². The van der Waals surface area contributed by atoms with Crippen molar-refractivity contribution in [1.29, 1.82) is 0 Å². The first kappa shape index (κ1) is 42.6. The number of aromatic nitrogens is 2. The zero-order valence-electron chi connectivity index (χ0n) is 37.0. The summed E-state index contributed by atoms with van der Waals surface area (Å²) in [7, 11) is 2.07. The van der Waals surface area contributed by atoms with Crippen molar-refractivity contribution in [2.75, 3.05) is 12.5 Å². The highest BCUT2D eigenvalue weighted by molar-refractivity contribution is 6.10. The summed E-state index contributed by atoms with van der Waals surface area (Å²) in [5.41, 5.74) is 19.1. The summed E-state index contributed by atoms with van der Waals surface area (Å²) in [5, 5.41) is 8.82. The quantitative estimate of drug-likeness (QED) is 0.111. The van der Waals surface area contributed by atoms with Gasteiger partial charge in [-0.2, -0.15) is 0 Å². The first-order valence-electron chi connectivity index (χ1n) is 22.2. The molecule has 0 atom stereocenters. The molecule has 8 aromatic rings. The van der Waals surface area contributed by atoms with Crippen LogP contribution in [0.3, 0.4) is 0 Å². The number of fused-ring (bicyclic) bond motifs is 7. The van der Waals surface area contributed by atoms with Crippen LogP contribution in [0.5, 0.6) is 0 Å². The molecule has 0 radical (unpaired) electrons. The van der Waals surface area contributed by atoms with Gasteiger partial charge in [0.25, 0.3) is 0 Å². The maximum Gasteiger partial charge on any atom is 0.0541 e. The molecule has 0 unspecified atom stereocenters. The fourth-order valence-electron chi connectivity index (χ4n) is 9.00. The van der Waals surface area contributed by atoms with Gasteiger partial charge in [0.1, 0.15) is 0 Å². The number of aryl methyl sites for hydroxylation is 1. The smallest absolute Gasteiger partial charge is 0.0541 e. The molecule has 0 aliphatic heterocycles. The number of nitrogens with one attached hydrogen (secondary N) is 2. The van der Waals surface area contributed by atoms with Crippen LogP contribution in [-0.2, 0) is 6.42 Å². The van der Waals surface area contributed by atoms with Crippen molar-refractivity contribution in [3.8, 4) is 5.69 Å². The molecule has 2 aliphatic carbocycles. The van der Waals surface area contributed by atoms with Crippen molar-refractivity contribution < 1.29 is 0 Å². The van der Waals surface area contributed by atoms with E-state index < -0.39 is 0 Å². The van der Waals surface area contributed by atoms with Gasteiger partial charge in [-0.1, -0.05) is 151 Å². The van der Waals surface area contributed by atoms with Crippen LogP contribution in [0.4, 0.5) is 5.69 Å². The minimum absolute atomic E-state index is 0.357. The maximum absolute atomic E-state index is 5.31. The lowest BCUT2D eigenvalue weighted by atomic mass is 9.88. The van der Waals surface area contributed by atoms with E-state index in [1.54, 1.807) is 0 Å². The number of hydrazine groups is 1. The minimum Gasteiger partial charge on any atom is -0.388 e. The minimum atomic E-state index is 0.357. The van der Waals surface area contributed by atoms with Gasteiger partial charge in [0.15, 0.2) is 0 Å². The molecule has 0 bridgehead atoms. The predicted molar refractivity (Wildman–Crippen MR) is 267 cm³/mol. The topological polar surface area (TPSA) is 59.9 Å². The Bertz CT molecular complexity index is 2790. The van der Waals surface area contributed by atoms with E-state index in [4.69, 9.17) is 5.84 Å². The van der Waals surface area contributed by atoms with Gasteiger partial charge in [-0.15, -0.1) is 0 Å². The number of nitrogens with zero attached hydrogens (tertiary/aromatic N) is 2. The SMILES string of the molecule is CC.CC.CN/C(C1=CC=C(n2c3ccccc3c3ccccc32)CC1)=C(/c1ccc(-n2c3ccccc3c3ccccc32)cc1)C(C)C.NNc1ccc2c(c1)CCC=C2. The molecule has 2 aliphatic rings. The van der Waals surface area contributed by atoms with Gasteiger partial charge in [0, 0.05) is 51.4 Å². The number of para-hydroxylation sites is 4. The Balaban J connectivity index is 0.000000297. The van der Waals surface area contributed by atoms with Crippen LogP contribution in [-0.4, -0.2) is 16.2 Å². The van der Waals surface area contributed by atoms with Crippen molar-refractivity contribution in [2.24, 2.45) is 11.8 Å². The lowest BCUT2D eigenvalue weighted by Gasteiger charge is -2.24. The summed E-state index contributed by atoms with van der Waals surface area (Å²) >= 11 is 0. The van der Waals surface area contributed by atoms with E-state index in [1.165, 1.54) is 88.5 Å². The first-order valence-corrected chi connectivity index (χ1v) is 22.2. The second-order valence-electron chi connectivity index (χ2n) is 15.3. The summed E-state index contributed by atoms with van der Waals surface area (Å²) in [6.07, 6.45) is 13.3. The Morgan fingerprint density at radius 2 is 1.11 bits per heavy atom. The lowest BCUT2D eigenvalue weighted by molar-refractivity contribution is 0.817. The van der Waals surface area contributed by atoms with E-state index >= 15 is 0 Å². The highest BCUT2D eigenvalue weighted by Gasteiger charge is 2.21. The molecule has 0 saturated carbocycles. The molecule has 0 saturated heterocycles. The number of likely N-dealkylation sites (N-methyl/N-ethyl adjacent to an activating group) is 1. The monoisotopic (exact) mass is 803 g/mol. The van der Waals surface area contributed by atoms with Crippen molar-refractivity contribution in [3.05, 3.63) is 186 Å². The van der Waals surface area contributed by atoms with Gasteiger partial charge in [-0.3, -0.25) is 5.84 Å². The highest BCUT2D eigenvalue weighted by Crippen LogP contribution is 2.38. The van der Waals surface area contributed by atoms with Crippen LogP contribution < -0.4 is 16.6 Å². The summed E-state index contributed by atoms with van der Waals surface area (Å²) in [6, 6.07) is 50.3. The summed E-state index contributed by atoms with van der Waals surface area (Å²) in [6.45, 7) is 12.6. The largest absolute Gasteiger partial charge is 0.388 e. The summed E-state index contributed by atoms with van der Waals surface area (Å²) in [4.78, 5) is 0. The Morgan fingerprint density at radius 3 is 1.59 bits per heavy atom. The van der Waals surface area contributed by atoms with Crippen LogP contribution in [0, 0.1) is 5.92 Å². The number of hydrogen-bond acceptors (Lipinski definition) is 3. The Hall–Kier alpha value is -6.56. The van der Waals surface area contributed by atoms with Gasteiger partial charge in [-0.25, -0.2) is 0 Å². The molecule has 5 nitrogen and oxygen atoms in total. The number of nitrogens with two attached hydrogens (primary N) is 1. The molecule has 5 heteroatoms. The molecule has 2 heterocycles. The van der Waals surface area contributed by atoms with E-state index in [2.05, 4.69) is 199 Å². The zero-order chi connectivity index (χ0) is 42.9. The molecular formula is C56H61N5. The molecule has 0 fully saturated rings. The van der Waals surface area contributed by atoms with E-state index in [0.29, 0.717) is 5.92 Å². The van der Waals surface area contributed by atoms with Crippen LogP contribution in [0.2, 0.25) is 0 Å². The molecule has 310 valence electrons. The number of benzene rings is 6. The highest BCUT2D eigenvalue weighted by atomic mass is 15.2. The Morgan fingerprint density at radius 1 is 0.590 bits per heavy atom. The summed E-state index contributed by atoms with van der Waals surface area (Å²) < 4.78 is 4.84. The third kappa shape index (κ3) is 8.44. The van der Waals surface area contributed by atoms with E-state index in [-0.39, 0.29) is 0 Å². The van der Waals surface area contributed by atoms with E-state index in [9.17, 15) is 0 Å². The van der Waals surface area contributed by atoms with Crippen LogP contribution >= 0.6 is 0 Å². The molecule has 10 rings (SSSR count). The maximum atomic E-state index is 5.31. The average molecular weight is 804 g/mol. The Kier molecular flexibility index (Phi) is 13.7. The predicted octanol–water partition coefficient (Wildman–Crippen LogP) is 14.7. The van der Waals surface area contributed by atoms with Crippen molar-refractivity contribution >= 4 is 66.6 Å². The van der Waals surface area contributed by atoms with E-state index in [0.717, 1.165) is 31.4 Å². The zero-order valence-corrected chi connectivity index (χ0v) is 37.0. The van der Waals surface area contributed by atoms with Gasteiger partial charge < -0.3 is 19.9 Å². The van der Waals surface area contributed by atoms with Gasteiger partial charge >= 0.3 is 0 Å². The van der Waals surface area contributed by atoms with Gasteiger partial charge in [0.05, 0.1) is 22.1 Å². The lowest BCUT2D eigenvalue weighted by Crippen LogP contribution is -2.15. The number of anilines is 1. The second kappa shape index (κ2) is 19.7. The molecular weight excluding hydrogens is 743 g/mol. The van der Waals surface area contributed by atoms with Gasteiger partial charge in [-0.05, 0) is 114 Å². The molecule has 0 spiro atoms. The van der Waals surface area contributed by atoms with Crippen LogP contribution in [0.25, 0.3) is 66.6 Å². The number of rotatable bonds is 7. The second-order valence-corrected chi connectivity index (χ2v) is 15.3. The Labute approximate surface area is 362 Å². The third-order valence-corrected chi connectivity index (χ3v) is 11.6.